The molecule has 40 heavy (non-hydrogen) atoms. The normalized spacial score (nSPS) is 14.4. The van der Waals surface area contributed by atoms with Gasteiger partial charge in [0.05, 0.1) is 23.0 Å². The van der Waals surface area contributed by atoms with E-state index in [1.54, 1.807) is 48.5 Å². The molecule has 4 aromatic carbocycles. The van der Waals surface area contributed by atoms with Crippen LogP contribution in [0.25, 0.3) is 6.08 Å². The maximum absolute atomic E-state index is 13.8. The fraction of sp³-hybridized carbons (Fsp3) is 0.0909. The molecule has 7 heteroatoms. The van der Waals surface area contributed by atoms with E-state index in [4.69, 9.17) is 17.0 Å². The number of ether oxygens (including phenoxy) is 1. The van der Waals surface area contributed by atoms with Gasteiger partial charge in [-0.05, 0) is 91.3 Å². The molecule has 1 fully saturated rings. The smallest absolute Gasteiger partial charge is 0.270 e. The molecule has 4 aromatic rings. The summed E-state index contributed by atoms with van der Waals surface area (Å²) in [5, 5.41) is 9.39. The van der Waals surface area contributed by atoms with E-state index >= 15 is 0 Å². The van der Waals surface area contributed by atoms with Crippen LogP contribution >= 0.6 is 12.2 Å². The first kappa shape index (κ1) is 26.5. The summed E-state index contributed by atoms with van der Waals surface area (Å²) in [7, 11) is 0. The highest BCUT2D eigenvalue weighted by atomic mass is 32.1. The predicted molar refractivity (Wildman–Crippen MR) is 160 cm³/mol. The van der Waals surface area contributed by atoms with Crippen molar-refractivity contribution < 1.29 is 14.3 Å². The Labute approximate surface area is 238 Å². The van der Waals surface area contributed by atoms with Gasteiger partial charge in [0.1, 0.15) is 17.9 Å². The number of anilines is 2. The van der Waals surface area contributed by atoms with E-state index in [0.29, 0.717) is 28.3 Å². The van der Waals surface area contributed by atoms with Crippen molar-refractivity contribution in [1.29, 1.82) is 5.26 Å². The number of para-hydroxylation sites is 1. The zero-order chi connectivity index (χ0) is 28.2. The Bertz CT molecular complexity index is 1690. The topological polar surface area (TPSA) is 73.6 Å². The van der Waals surface area contributed by atoms with Crippen LogP contribution in [0.2, 0.25) is 0 Å². The lowest BCUT2D eigenvalue weighted by Gasteiger charge is -2.36. The van der Waals surface area contributed by atoms with Crippen LogP contribution in [0, 0.1) is 25.2 Å². The molecule has 1 aliphatic rings. The number of thiocarbonyl (C=S) groups is 1. The number of rotatable bonds is 6. The molecule has 0 atom stereocenters. The summed E-state index contributed by atoms with van der Waals surface area (Å²) in [4.78, 5) is 30.3. The van der Waals surface area contributed by atoms with Crippen molar-refractivity contribution in [3.63, 3.8) is 0 Å². The average Bonchev–Trinajstić information content (AvgIpc) is 2.97. The van der Waals surface area contributed by atoms with E-state index in [0.717, 1.165) is 16.7 Å². The first-order valence-corrected chi connectivity index (χ1v) is 13.1. The second kappa shape index (κ2) is 11.4. The zero-order valence-electron chi connectivity index (χ0n) is 22.0. The van der Waals surface area contributed by atoms with Gasteiger partial charge in [-0.15, -0.1) is 0 Å². The molecule has 196 valence electrons. The van der Waals surface area contributed by atoms with E-state index < -0.39 is 11.8 Å². The maximum atomic E-state index is 13.8. The number of carbonyl (C=O) groups excluding carboxylic acids is 2. The van der Waals surface area contributed by atoms with Crippen molar-refractivity contribution >= 4 is 46.6 Å². The summed E-state index contributed by atoms with van der Waals surface area (Å²) in [6, 6.07) is 31.2. The quantitative estimate of drug-likeness (QED) is 0.158. The molecule has 0 spiro atoms. The first-order chi connectivity index (χ1) is 19.4. The molecule has 0 bridgehead atoms. The minimum atomic E-state index is -0.491. The van der Waals surface area contributed by atoms with Gasteiger partial charge in [0.15, 0.2) is 5.11 Å². The molecule has 0 unspecified atom stereocenters. The van der Waals surface area contributed by atoms with Crippen molar-refractivity contribution in [1.82, 2.24) is 0 Å². The highest BCUT2D eigenvalue weighted by molar-refractivity contribution is 7.81. The number of hydrogen-bond donors (Lipinski definition) is 0. The molecule has 5 rings (SSSR count). The van der Waals surface area contributed by atoms with Crippen LogP contribution in [-0.4, -0.2) is 16.9 Å². The summed E-state index contributed by atoms with van der Waals surface area (Å²) in [6.07, 6.45) is 1.57. The largest absolute Gasteiger partial charge is 0.489 e. The second-order valence-corrected chi connectivity index (χ2v) is 9.72. The predicted octanol–water partition coefficient (Wildman–Crippen LogP) is 6.50. The summed E-state index contributed by atoms with van der Waals surface area (Å²) in [5.41, 5.74) is 5.27. The second-order valence-electron chi connectivity index (χ2n) is 9.35. The first-order valence-electron chi connectivity index (χ1n) is 12.6. The third-order valence-electron chi connectivity index (χ3n) is 6.74. The molecule has 0 aliphatic carbocycles. The fourth-order valence-corrected chi connectivity index (χ4v) is 4.75. The van der Waals surface area contributed by atoms with Gasteiger partial charge in [0, 0.05) is 5.56 Å². The van der Waals surface area contributed by atoms with Gasteiger partial charge in [0.25, 0.3) is 11.8 Å². The van der Waals surface area contributed by atoms with Crippen LogP contribution in [0.1, 0.15) is 27.8 Å². The lowest BCUT2D eigenvalue weighted by atomic mass is 10.0. The van der Waals surface area contributed by atoms with Crippen molar-refractivity contribution in [3.05, 3.63) is 130 Å². The molecule has 0 radical (unpaired) electrons. The molecule has 1 heterocycles. The molecular weight excluding hydrogens is 518 g/mol. The molecule has 0 aromatic heterocycles. The number of aryl methyl sites for hydroxylation is 2. The Morgan fingerprint density at radius 1 is 0.800 bits per heavy atom. The SMILES string of the molecule is Cc1ccc(N2C(=O)/C(=C\c3ccc(OCc4ccccc4C#N)cc3)C(=O)N(c3ccccc3)C2=S)cc1C. The maximum Gasteiger partial charge on any atom is 0.270 e. The number of amides is 2. The Morgan fingerprint density at radius 2 is 1.45 bits per heavy atom. The highest BCUT2D eigenvalue weighted by Crippen LogP contribution is 2.31. The number of hydrogen-bond acceptors (Lipinski definition) is 5. The van der Waals surface area contributed by atoms with E-state index in [-0.39, 0.29) is 17.3 Å². The van der Waals surface area contributed by atoms with Gasteiger partial charge in [-0.2, -0.15) is 5.26 Å². The van der Waals surface area contributed by atoms with Crippen LogP contribution in [-0.2, 0) is 16.2 Å². The van der Waals surface area contributed by atoms with Crippen LogP contribution in [0.15, 0.2) is 103 Å². The van der Waals surface area contributed by atoms with Gasteiger partial charge < -0.3 is 4.74 Å². The van der Waals surface area contributed by atoms with Crippen LogP contribution < -0.4 is 14.5 Å². The lowest BCUT2D eigenvalue weighted by molar-refractivity contribution is -0.120. The van der Waals surface area contributed by atoms with Crippen molar-refractivity contribution in [2.24, 2.45) is 0 Å². The molecule has 2 amide bonds. The van der Waals surface area contributed by atoms with E-state index in [9.17, 15) is 14.9 Å². The zero-order valence-corrected chi connectivity index (χ0v) is 22.8. The fourth-order valence-electron chi connectivity index (χ4n) is 4.37. The Morgan fingerprint density at radius 3 is 2.12 bits per heavy atom. The van der Waals surface area contributed by atoms with Crippen LogP contribution in [0.5, 0.6) is 5.75 Å². The molecule has 0 N–H and O–H groups in total. The molecule has 6 nitrogen and oxygen atoms in total. The minimum absolute atomic E-state index is 0.00713. The highest BCUT2D eigenvalue weighted by Gasteiger charge is 2.41. The summed E-state index contributed by atoms with van der Waals surface area (Å²) in [6.45, 7) is 4.21. The number of benzene rings is 4. The Balaban J connectivity index is 1.47. The number of nitriles is 1. The standard InChI is InChI=1S/C33H25N3O3S/c1-22-12-15-28(18-23(22)2)36-32(38)30(31(37)35(33(36)40)27-10-4-3-5-11-27)19-24-13-16-29(17-14-24)39-21-26-9-7-6-8-25(26)20-34/h3-19H,21H2,1-2H3/b30-19-. The summed E-state index contributed by atoms with van der Waals surface area (Å²) >= 11 is 5.71. The number of carbonyl (C=O) groups is 2. The van der Waals surface area contributed by atoms with Crippen molar-refractivity contribution in [2.45, 2.75) is 20.5 Å². The van der Waals surface area contributed by atoms with Gasteiger partial charge in [-0.25, -0.2) is 0 Å². The number of nitrogens with zero attached hydrogens (tertiary/aromatic N) is 3. The molecule has 1 aliphatic heterocycles. The third-order valence-corrected chi connectivity index (χ3v) is 7.10. The lowest BCUT2D eigenvalue weighted by Crippen LogP contribution is -2.57. The minimum Gasteiger partial charge on any atom is -0.489 e. The van der Waals surface area contributed by atoms with E-state index in [1.807, 2.05) is 68.4 Å². The van der Waals surface area contributed by atoms with E-state index in [1.165, 1.54) is 9.80 Å². The summed E-state index contributed by atoms with van der Waals surface area (Å²) in [5.74, 6) is -0.381. The Hall–Kier alpha value is -5.06. The van der Waals surface area contributed by atoms with Crippen molar-refractivity contribution in [2.75, 3.05) is 9.80 Å². The van der Waals surface area contributed by atoms with Crippen molar-refractivity contribution in [3.8, 4) is 11.8 Å². The van der Waals surface area contributed by atoms with Gasteiger partial charge in [-0.1, -0.05) is 54.6 Å². The van der Waals surface area contributed by atoms with Gasteiger partial charge in [-0.3, -0.25) is 19.4 Å². The molecule has 1 saturated heterocycles. The van der Waals surface area contributed by atoms with Gasteiger partial charge >= 0.3 is 0 Å². The molecule has 0 saturated carbocycles. The average molecular weight is 544 g/mol. The van der Waals surface area contributed by atoms with Crippen LogP contribution in [0.3, 0.4) is 0 Å². The van der Waals surface area contributed by atoms with Gasteiger partial charge in [0.2, 0.25) is 0 Å². The van der Waals surface area contributed by atoms with Crippen LogP contribution in [0.4, 0.5) is 11.4 Å². The molecular formula is C33H25N3O3S. The van der Waals surface area contributed by atoms with E-state index in [2.05, 4.69) is 6.07 Å². The monoisotopic (exact) mass is 543 g/mol. The summed E-state index contributed by atoms with van der Waals surface area (Å²) < 4.78 is 5.87. The third kappa shape index (κ3) is 5.26. The Kier molecular flexibility index (Phi) is 7.54.